The Hall–Kier alpha value is -1.95. The zero-order chi connectivity index (χ0) is 13.9. The number of hydrogen-bond donors (Lipinski definition) is 2. The summed E-state index contributed by atoms with van der Waals surface area (Å²) in [6.45, 7) is 3.02. The van der Waals surface area contributed by atoms with Gasteiger partial charge in [0.25, 0.3) is 5.91 Å². The van der Waals surface area contributed by atoms with Crippen LogP contribution in [0.15, 0.2) is 18.2 Å². The smallest absolute Gasteiger partial charge is 0.257 e. The standard InChI is InChI=1S/C14H16N4OS/c1-2-12-17-18-14(20-12)16-13(19)10-5-6-11-9(8-10)4-3-7-15-11/h5-6,8,15H,2-4,7H2,1H3,(H,16,18,19). The first kappa shape index (κ1) is 13.1. The predicted molar refractivity (Wildman–Crippen MR) is 80.5 cm³/mol. The molecule has 2 heterocycles. The van der Waals surface area contributed by atoms with Crippen molar-refractivity contribution in [3.8, 4) is 0 Å². The number of aryl methyl sites for hydroxylation is 2. The number of amides is 1. The minimum absolute atomic E-state index is 0.128. The molecule has 0 bridgehead atoms. The maximum absolute atomic E-state index is 12.2. The topological polar surface area (TPSA) is 66.9 Å². The van der Waals surface area contributed by atoms with Crippen molar-refractivity contribution in [2.75, 3.05) is 17.2 Å². The Labute approximate surface area is 121 Å². The summed E-state index contributed by atoms with van der Waals surface area (Å²) in [7, 11) is 0. The first-order valence-electron chi connectivity index (χ1n) is 6.77. The molecule has 1 aromatic heterocycles. The summed E-state index contributed by atoms with van der Waals surface area (Å²) in [5.41, 5.74) is 3.01. The van der Waals surface area contributed by atoms with Crippen LogP contribution in [0.3, 0.4) is 0 Å². The van der Waals surface area contributed by atoms with Crippen molar-refractivity contribution in [2.45, 2.75) is 26.2 Å². The van der Waals surface area contributed by atoms with Gasteiger partial charge in [-0.3, -0.25) is 10.1 Å². The fourth-order valence-electron chi connectivity index (χ4n) is 2.23. The van der Waals surface area contributed by atoms with Gasteiger partial charge in [0.2, 0.25) is 5.13 Å². The second-order valence-electron chi connectivity index (χ2n) is 4.71. The average molecular weight is 288 g/mol. The molecule has 0 fully saturated rings. The van der Waals surface area contributed by atoms with Gasteiger partial charge in [-0.25, -0.2) is 0 Å². The number of anilines is 2. The molecular formula is C14H16N4OS. The van der Waals surface area contributed by atoms with E-state index in [4.69, 9.17) is 0 Å². The third-order valence-corrected chi connectivity index (χ3v) is 4.28. The molecule has 104 valence electrons. The molecule has 0 spiro atoms. The zero-order valence-electron chi connectivity index (χ0n) is 11.3. The lowest BCUT2D eigenvalue weighted by atomic mass is 10.0. The molecule has 0 saturated heterocycles. The lowest BCUT2D eigenvalue weighted by Crippen LogP contribution is -2.15. The molecule has 6 heteroatoms. The Morgan fingerprint density at radius 1 is 1.45 bits per heavy atom. The minimum atomic E-state index is -0.128. The van der Waals surface area contributed by atoms with Crippen molar-refractivity contribution >= 4 is 28.1 Å². The highest BCUT2D eigenvalue weighted by atomic mass is 32.1. The van der Waals surface area contributed by atoms with Crippen molar-refractivity contribution in [3.05, 3.63) is 34.3 Å². The van der Waals surface area contributed by atoms with Gasteiger partial charge >= 0.3 is 0 Å². The van der Waals surface area contributed by atoms with Crippen LogP contribution in [0, 0.1) is 0 Å². The van der Waals surface area contributed by atoms with E-state index in [-0.39, 0.29) is 5.91 Å². The summed E-state index contributed by atoms with van der Waals surface area (Å²) in [4.78, 5) is 12.2. The van der Waals surface area contributed by atoms with Gasteiger partial charge in [-0.05, 0) is 43.0 Å². The van der Waals surface area contributed by atoms with E-state index >= 15 is 0 Å². The molecule has 1 amide bonds. The summed E-state index contributed by atoms with van der Waals surface area (Å²) in [6, 6.07) is 5.77. The monoisotopic (exact) mass is 288 g/mol. The minimum Gasteiger partial charge on any atom is -0.385 e. The number of hydrogen-bond acceptors (Lipinski definition) is 5. The molecular weight excluding hydrogens is 272 g/mol. The van der Waals surface area contributed by atoms with Crippen LogP contribution in [0.2, 0.25) is 0 Å². The summed E-state index contributed by atoms with van der Waals surface area (Å²) in [6.07, 6.45) is 2.95. The van der Waals surface area contributed by atoms with E-state index in [1.807, 2.05) is 25.1 Å². The summed E-state index contributed by atoms with van der Waals surface area (Å²) in [5, 5.41) is 15.6. The average Bonchev–Trinajstić information content (AvgIpc) is 2.94. The van der Waals surface area contributed by atoms with Crippen molar-refractivity contribution in [1.82, 2.24) is 10.2 Å². The normalized spacial score (nSPS) is 13.4. The van der Waals surface area contributed by atoms with E-state index in [9.17, 15) is 4.79 Å². The maximum Gasteiger partial charge on any atom is 0.257 e. The van der Waals surface area contributed by atoms with Gasteiger partial charge in [0.05, 0.1) is 0 Å². The molecule has 0 unspecified atom stereocenters. The van der Waals surface area contributed by atoms with Gasteiger partial charge in [0, 0.05) is 17.8 Å². The van der Waals surface area contributed by atoms with E-state index in [0.29, 0.717) is 10.7 Å². The number of rotatable bonds is 3. The maximum atomic E-state index is 12.2. The number of nitrogens with zero attached hydrogens (tertiary/aromatic N) is 2. The van der Waals surface area contributed by atoms with Crippen molar-refractivity contribution in [2.24, 2.45) is 0 Å². The summed E-state index contributed by atoms with van der Waals surface area (Å²) in [5.74, 6) is -0.128. The molecule has 1 aliphatic rings. The second kappa shape index (κ2) is 5.58. The number of nitrogens with one attached hydrogen (secondary N) is 2. The van der Waals surface area contributed by atoms with Crippen LogP contribution < -0.4 is 10.6 Å². The summed E-state index contributed by atoms with van der Waals surface area (Å²) < 4.78 is 0. The van der Waals surface area contributed by atoms with Crippen molar-refractivity contribution < 1.29 is 4.79 Å². The van der Waals surface area contributed by atoms with E-state index in [0.717, 1.165) is 36.5 Å². The van der Waals surface area contributed by atoms with Crippen LogP contribution in [0.1, 0.15) is 34.3 Å². The number of carbonyl (C=O) groups excluding carboxylic acids is 1. The van der Waals surface area contributed by atoms with Gasteiger partial charge in [-0.2, -0.15) is 0 Å². The first-order chi connectivity index (χ1) is 9.76. The fraction of sp³-hybridized carbons (Fsp3) is 0.357. The van der Waals surface area contributed by atoms with Crippen LogP contribution in [-0.2, 0) is 12.8 Å². The van der Waals surface area contributed by atoms with E-state index in [1.165, 1.54) is 16.9 Å². The fourth-order valence-corrected chi connectivity index (χ4v) is 2.91. The van der Waals surface area contributed by atoms with Crippen LogP contribution in [0.25, 0.3) is 0 Å². The molecule has 3 rings (SSSR count). The zero-order valence-corrected chi connectivity index (χ0v) is 12.1. The molecule has 0 radical (unpaired) electrons. The largest absolute Gasteiger partial charge is 0.385 e. The lowest BCUT2D eigenvalue weighted by molar-refractivity contribution is 0.102. The Morgan fingerprint density at radius 2 is 2.35 bits per heavy atom. The molecule has 1 aliphatic heterocycles. The highest BCUT2D eigenvalue weighted by molar-refractivity contribution is 7.15. The third kappa shape index (κ3) is 2.65. The van der Waals surface area contributed by atoms with Crippen LogP contribution in [-0.4, -0.2) is 22.6 Å². The molecule has 0 saturated carbocycles. The Kier molecular flexibility index (Phi) is 3.64. The van der Waals surface area contributed by atoms with Crippen molar-refractivity contribution in [3.63, 3.8) is 0 Å². The van der Waals surface area contributed by atoms with Gasteiger partial charge in [0.1, 0.15) is 5.01 Å². The molecule has 2 N–H and O–H groups in total. The van der Waals surface area contributed by atoms with Gasteiger partial charge in [0.15, 0.2) is 0 Å². The van der Waals surface area contributed by atoms with E-state index < -0.39 is 0 Å². The van der Waals surface area contributed by atoms with Crippen LogP contribution >= 0.6 is 11.3 Å². The van der Waals surface area contributed by atoms with E-state index in [1.54, 1.807) is 0 Å². The SMILES string of the molecule is CCc1nnc(NC(=O)c2ccc3c(c2)CCCN3)s1. The Morgan fingerprint density at radius 3 is 3.15 bits per heavy atom. The van der Waals surface area contributed by atoms with Crippen LogP contribution in [0.4, 0.5) is 10.8 Å². The van der Waals surface area contributed by atoms with E-state index in [2.05, 4.69) is 20.8 Å². The molecule has 1 aromatic carbocycles. The number of fused-ring (bicyclic) bond motifs is 1. The second-order valence-corrected chi connectivity index (χ2v) is 5.77. The predicted octanol–water partition coefficient (Wildman–Crippen LogP) is 2.71. The quantitative estimate of drug-likeness (QED) is 0.911. The van der Waals surface area contributed by atoms with Crippen LogP contribution in [0.5, 0.6) is 0 Å². The molecule has 20 heavy (non-hydrogen) atoms. The van der Waals surface area contributed by atoms with Gasteiger partial charge < -0.3 is 5.32 Å². The highest BCUT2D eigenvalue weighted by Gasteiger charge is 2.14. The van der Waals surface area contributed by atoms with Gasteiger partial charge in [-0.15, -0.1) is 10.2 Å². The summed E-state index contributed by atoms with van der Waals surface area (Å²) >= 11 is 1.42. The number of aromatic nitrogens is 2. The number of benzene rings is 1. The third-order valence-electron chi connectivity index (χ3n) is 3.30. The molecule has 2 aromatic rings. The first-order valence-corrected chi connectivity index (χ1v) is 7.58. The lowest BCUT2D eigenvalue weighted by Gasteiger charge is -2.18. The Bertz CT molecular complexity index is 638. The highest BCUT2D eigenvalue weighted by Crippen LogP contribution is 2.23. The molecule has 5 nitrogen and oxygen atoms in total. The molecule has 0 aliphatic carbocycles. The van der Waals surface area contributed by atoms with Gasteiger partial charge in [-0.1, -0.05) is 18.3 Å². The Balaban J connectivity index is 1.76. The van der Waals surface area contributed by atoms with Crippen molar-refractivity contribution in [1.29, 1.82) is 0 Å². The number of carbonyl (C=O) groups is 1. The molecule has 0 atom stereocenters.